The van der Waals surface area contributed by atoms with Gasteiger partial charge >= 0.3 is 0 Å². The molecular weight excluding hydrogens is 434 g/mol. The first kappa shape index (κ1) is 23.8. The average Bonchev–Trinajstić information content (AvgIpc) is 3.49. The number of ether oxygens (including phenoxy) is 2. The molecule has 2 aliphatic rings. The second kappa shape index (κ2) is 10.7. The van der Waals surface area contributed by atoms with Crippen LogP contribution < -0.4 is 20.3 Å². The van der Waals surface area contributed by atoms with E-state index in [-0.39, 0.29) is 42.8 Å². The van der Waals surface area contributed by atoms with Gasteiger partial charge in [-0.15, -0.1) is 0 Å². The third-order valence-electron chi connectivity index (χ3n) is 6.29. The number of aryl methyl sites for hydroxylation is 2. The zero-order valence-electron chi connectivity index (χ0n) is 19.6. The fraction of sp³-hybridized carbons (Fsp3) is 0.423. The Balaban J connectivity index is 1.27. The van der Waals surface area contributed by atoms with Crippen LogP contribution in [0.1, 0.15) is 30.4 Å². The predicted molar refractivity (Wildman–Crippen MR) is 129 cm³/mol. The van der Waals surface area contributed by atoms with Crippen molar-refractivity contribution in [1.29, 1.82) is 0 Å². The van der Waals surface area contributed by atoms with E-state index in [1.807, 2.05) is 32.0 Å². The van der Waals surface area contributed by atoms with Gasteiger partial charge in [-0.2, -0.15) is 0 Å². The highest BCUT2D eigenvalue weighted by Gasteiger charge is 2.35. The SMILES string of the molecule is Cc1cccc(C)c1NC(=O)COc1ccc(N2C[C@H](C(=O)NC[C@H]3CCCO3)CC2=O)cc1. The normalized spacial score (nSPS) is 19.8. The molecule has 0 aromatic heterocycles. The molecule has 0 radical (unpaired) electrons. The molecule has 180 valence electrons. The summed E-state index contributed by atoms with van der Waals surface area (Å²) in [5, 5.41) is 5.81. The summed E-state index contributed by atoms with van der Waals surface area (Å²) in [6.07, 6.45) is 2.24. The third kappa shape index (κ3) is 5.75. The van der Waals surface area contributed by atoms with E-state index in [1.165, 1.54) is 0 Å². The number of nitrogens with zero attached hydrogens (tertiary/aromatic N) is 1. The molecule has 0 spiro atoms. The summed E-state index contributed by atoms with van der Waals surface area (Å²) in [4.78, 5) is 38.9. The van der Waals surface area contributed by atoms with Crippen molar-refractivity contribution in [2.45, 2.75) is 39.2 Å². The van der Waals surface area contributed by atoms with Gasteiger partial charge in [0.25, 0.3) is 5.91 Å². The highest BCUT2D eigenvalue weighted by molar-refractivity contribution is 6.00. The Labute approximate surface area is 199 Å². The molecule has 2 aliphatic heterocycles. The Morgan fingerprint density at radius 1 is 1.12 bits per heavy atom. The number of amides is 3. The van der Waals surface area contributed by atoms with Gasteiger partial charge in [0.15, 0.2) is 6.61 Å². The van der Waals surface area contributed by atoms with Crippen LogP contribution in [0.4, 0.5) is 11.4 Å². The molecule has 2 fully saturated rings. The molecule has 2 saturated heterocycles. The molecule has 0 aliphatic carbocycles. The molecule has 3 amide bonds. The van der Waals surface area contributed by atoms with Crippen LogP contribution in [-0.2, 0) is 19.1 Å². The molecule has 0 bridgehead atoms. The van der Waals surface area contributed by atoms with Crippen molar-refractivity contribution in [1.82, 2.24) is 5.32 Å². The van der Waals surface area contributed by atoms with Gasteiger partial charge < -0.3 is 25.0 Å². The summed E-state index contributed by atoms with van der Waals surface area (Å²) in [7, 11) is 0. The van der Waals surface area contributed by atoms with E-state index in [2.05, 4.69) is 10.6 Å². The number of anilines is 2. The lowest BCUT2D eigenvalue weighted by Crippen LogP contribution is -2.37. The summed E-state index contributed by atoms with van der Waals surface area (Å²) < 4.78 is 11.1. The zero-order valence-corrected chi connectivity index (χ0v) is 19.6. The minimum atomic E-state index is -0.376. The van der Waals surface area contributed by atoms with Crippen molar-refractivity contribution in [2.24, 2.45) is 5.92 Å². The fourth-order valence-electron chi connectivity index (χ4n) is 4.36. The van der Waals surface area contributed by atoms with Crippen molar-refractivity contribution in [3.05, 3.63) is 53.6 Å². The van der Waals surface area contributed by atoms with E-state index in [4.69, 9.17) is 9.47 Å². The van der Waals surface area contributed by atoms with Gasteiger partial charge in [-0.05, 0) is 62.1 Å². The second-order valence-corrected chi connectivity index (χ2v) is 8.88. The molecule has 34 heavy (non-hydrogen) atoms. The van der Waals surface area contributed by atoms with Crippen LogP contribution in [0.15, 0.2) is 42.5 Å². The maximum absolute atomic E-state index is 12.5. The second-order valence-electron chi connectivity index (χ2n) is 8.88. The first-order valence-electron chi connectivity index (χ1n) is 11.7. The standard InChI is InChI=1S/C26H31N3O5/c1-17-5-3-6-18(2)25(17)28-23(30)16-34-21-10-8-20(9-11-21)29-15-19(13-24(29)31)26(32)27-14-22-7-4-12-33-22/h3,5-6,8-11,19,22H,4,7,12-16H2,1-2H3,(H,27,32)(H,28,30)/t19-,22-/m1/s1. The molecule has 2 aromatic carbocycles. The van der Waals surface area contributed by atoms with Crippen LogP contribution in [0.25, 0.3) is 0 Å². The number of nitrogens with one attached hydrogen (secondary N) is 2. The van der Waals surface area contributed by atoms with Gasteiger partial charge in [0.2, 0.25) is 11.8 Å². The van der Waals surface area contributed by atoms with E-state index >= 15 is 0 Å². The summed E-state index contributed by atoms with van der Waals surface area (Å²) >= 11 is 0. The van der Waals surface area contributed by atoms with E-state index < -0.39 is 0 Å². The maximum Gasteiger partial charge on any atom is 0.262 e. The Kier molecular flexibility index (Phi) is 7.47. The Morgan fingerprint density at radius 3 is 2.53 bits per heavy atom. The van der Waals surface area contributed by atoms with Gasteiger partial charge in [-0.1, -0.05) is 18.2 Å². The van der Waals surface area contributed by atoms with Crippen molar-refractivity contribution in [3.63, 3.8) is 0 Å². The Morgan fingerprint density at radius 2 is 1.85 bits per heavy atom. The van der Waals surface area contributed by atoms with Gasteiger partial charge in [0.05, 0.1) is 12.0 Å². The van der Waals surface area contributed by atoms with E-state index in [0.29, 0.717) is 24.5 Å². The van der Waals surface area contributed by atoms with E-state index in [0.717, 1.165) is 36.3 Å². The molecule has 8 heteroatoms. The molecule has 2 heterocycles. The lowest BCUT2D eigenvalue weighted by atomic mass is 10.1. The van der Waals surface area contributed by atoms with Crippen LogP contribution in [0.5, 0.6) is 5.75 Å². The van der Waals surface area contributed by atoms with Crippen LogP contribution in [0.2, 0.25) is 0 Å². The molecule has 0 saturated carbocycles. The van der Waals surface area contributed by atoms with Crippen molar-refractivity contribution < 1.29 is 23.9 Å². The summed E-state index contributed by atoms with van der Waals surface area (Å²) in [6, 6.07) is 12.8. The average molecular weight is 466 g/mol. The lowest BCUT2D eigenvalue weighted by Gasteiger charge is -2.18. The number of carbonyl (C=O) groups excluding carboxylic acids is 3. The van der Waals surface area contributed by atoms with Crippen LogP contribution in [-0.4, -0.2) is 50.1 Å². The number of hydrogen-bond donors (Lipinski definition) is 2. The van der Waals surface area contributed by atoms with Crippen LogP contribution in [0, 0.1) is 19.8 Å². The van der Waals surface area contributed by atoms with Gasteiger partial charge in [-0.3, -0.25) is 14.4 Å². The summed E-state index contributed by atoms with van der Waals surface area (Å²) in [6.45, 7) is 5.34. The van der Waals surface area contributed by atoms with Gasteiger partial charge in [-0.25, -0.2) is 0 Å². The van der Waals surface area contributed by atoms with Crippen molar-refractivity contribution in [3.8, 4) is 5.75 Å². The van der Waals surface area contributed by atoms with Crippen LogP contribution >= 0.6 is 0 Å². The smallest absolute Gasteiger partial charge is 0.262 e. The number of hydrogen-bond acceptors (Lipinski definition) is 5. The summed E-state index contributed by atoms with van der Waals surface area (Å²) in [5.41, 5.74) is 3.48. The quantitative estimate of drug-likeness (QED) is 0.625. The van der Waals surface area contributed by atoms with Crippen molar-refractivity contribution in [2.75, 3.05) is 36.5 Å². The van der Waals surface area contributed by atoms with E-state index in [1.54, 1.807) is 29.2 Å². The van der Waals surface area contributed by atoms with Crippen molar-refractivity contribution >= 4 is 29.1 Å². The Bertz CT molecular complexity index is 1030. The fourth-order valence-corrected chi connectivity index (χ4v) is 4.36. The first-order chi connectivity index (χ1) is 16.4. The third-order valence-corrected chi connectivity index (χ3v) is 6.29. The minimum Gasteiger partial charge on any atom is -0.484 e. The summed E-state index contributed by atoms with van der Waals surface area (Å²) in [5.74, 6) is -0.287. The highest BCUT2D eigenvalue weighted by atomic mass is 16.5. The van der Waals surface area contributed by atoms with Crippen LogP contribution in [0.3, 0.4) is 0 Å². The lowest BCUT2D eigenvalue weighted by molar-refractivity contribution is -0.126. The van der Waals surface area contributed by atoms with Gasteiger partial charge in [0.1, 0.15) is 5.75 Å². The maximum atomic E-state index is 12.5. The molecule has 0 unspecified atom stereocenters. The first-order valence-corrected chi connectivity index (χ1v) is 11.7. The topological polar surface area (TPSA) is 97.0 Å². The molecule has 8 nitrogen and oxygen atoms in total. The zero-order chi connectivity index (χ0) is 24.1. The monoisotopic (exact) mass is 465 g/mol. The number of rotatable bonds is 8. The highest BCUT2D eigenvalue weighted by Crippen LogP contribution is 2.27. The minimum absolute atomic E-state index is 0.0764. The Hall–Kier alpha value is -3.39. The van der Waals surface area contributed by atoms with E-state index in [9.17, 15) is 14.4 Å². The molecule has 2 aromatic rings. The molecule has 2 N–H and O–H groups in total. The molecular formula is C26H31N3O5. The predicted octanol–water partition coefficient (Wildman–Crippen LogP) is 2.97. The number of benzene rings is 2. The molecule has 4 rings (SSSR count). The van der Waals surface area contributed by atoms with Gasteiger partial charge in [0, 0.05) is 37.5 Å². The number of carbonyl (C=O) groups is 3. The largest absolute Gasteiger partial charge is 0.484 e. The molecule has 2 atom stereocenters. The number of para-hydroxylation sites is 1.